The number of carbonyl (C=O) groups excluding carboxylic acids is 1. The molecule has 140 valence electrons. The molecule has 1 unspecified atom stereocenters. The zero-order chi connectivity index (χ0) is 18.4. The molecule has 0 N–H and O–H groups in total. The number of hydrogen-bond donors (Lipinski definition) is 0. The van der Waals surface area contributed by atoms with Gasteiger partial charge in [0.25, 0.3) is 0 Å². The minimum absolute atomic E-state index is 0.285. The monoisotopic (exact) mass is 334 g/mol. The van der Waals surface area contributed by atoms with Crippen molar-refractivity contribution in [3.63, 3.8) is 0 Å². The lowest BCUT2D eigenvalue weighted by Gasteiger charge is -2.12. The summed E-state index contributed by atoms with van der Waals surface area (Å²) in [6.07, 6.45) is 16.6. The Bertz CT molecular complexity index is 387. The largest absolute Gasteiger partial charge is 0.300 e. The Morgan fingerprint density at radius 3 is 1.88 bits per heavy atom. The van der Waals surface area contributed by atoms with Crippen LogP contribution in [0, 0.1) is 11.8 Å². The van der Waals surface area contributed by atoms with E-state index in [2.05, 4.69) is 46.8 Å². The Hall–Kier alpha value is -0.850. The van der Waals surface area contributed by atoms with E-state index < -0.39 is 0 Å². The van der Waals surface area contributed by atoms with Crippen LogP contribution in [0.1, 0.15) is 106 Å². The van der Waals surface area contributed by atoms with Crippen LogP contribution in [0.3, 0.4) is 0 Å². The Balaban J connectivity index is 3.77. The van der Waals surface area contributed by atoms with Gasteiger partial charge in [0.15, 0.2) is 0 Å². The summed E-state index contributed by atoms with van der Waals surface area (Å²) in [5.74, 6) is 2.01. The molecule has 0 aliphatic heterocycles. The fraction of sp³-hybridized carbons (Fsp3) is 0.783. The van der Waals surface area contributed by atoms with Crippen LogP contribution in [0.15, 0.2) is 23.3 Å². The quantitative estimate of drug-likeness (QED) is 0.298. The summed E-state index contributed by atoms with van der Waals surface area (Å²) in [5, 5.41) is 0. The number of allylic oxidation sites excluding steroid dienone is 4. The van der Waals surface area contributed by atoms with E-state index in [0.717, 1.165) is 31.1 Å². The van der Waals surface area contributed by atoms with Crippen molar-refractivity contribution in [3.05, 3.63) is 23.3 Å². The molecule has 0 saturated heterocycles. The minimum atomic E-state index is 0.285. The topological polar surface area (TPSA) is 17.1 Å². The number of ketones is 1. The Labute approximate surface area is 152 Å². The maximum atomic E-state index is 10.9. The molecular formula is C23H42O. The molecular weight excluding hydrogens is 292 g/mol. The first-order chi connectivity index (χ1) is 11.3. The van der Waals surface area contributed by atoms with E-state index in [9.17, 15) is 4.79 Å². The molecule has 0 fully saturated rings. The number of rotatable bonds is 14. The molecule has 0 rings (SSSR count). The highest BCUT2D eigenvalue weighted by atomic mass is 16.1. The summed E-state index contributed by atoms with van der Waals surface area (Å²) in [7, 11) is 0. The molecule has 1 atom stereocenters. The van der Waals surface area contributed by atoms with E-state index >= 15 is 0 Å². The van der Waals surface area contributed by atoms with Crippen molar-refractivity contribution in [1.29, 1.82) is 0 Å². The third kappa shape index (κ3) is 16.0. The van der Waals surface area contributed by atoms with Crippen molar-refractivity contribution in [3.8, 4) is 0 Å². The van der Waals surface area contributed by atoms with Crippen molar-refractivity contribution >= 4 is 5.78 Å². The van der Waals surface area contributed by atoms with Gasteiger partial charge in [0.05, 0.1) is 0 Å². The number of Topliss-reactive ketones (excluding diaryl/α,β-unsaturated/α-hetero) is 1. The van der Waals surface area contributed by atoms with Gasteiger partial charge in [-0.15, -0.1) is 0 Å². The molecule has 0 heterocycles. The normalized spacial score (nSPS) is 14.3. The molecule has 0 aromatic heterocycles. The van der Waals surface area contributed by atoms with E-state index in [0.29, 0.717) is 6.42 Å². The van der Waals surface area contributed by atoms with Gasteiger partial charge in [0, 0.05) is 6.42 Å². The molecule has 0 saturated carbocycles. The molecule has 0 radical (unpaired) electrons. The highest BCUT2D eigenvalue weighted by molar-refractivity contribution is 5.75. The van der Waals surface area contributed by atoms with E-state index in [4.69, 9.17) is 0 Å². The van der Waals surface area contributed by atoms with Crippen molar-refractivity contribution < 1.29 is 4.79 Å². The predicted molar refractivity (Wildman–Crippen MR) is 108 cm³/mol. The zero-order valence-electron chi connectivity index (χ0n) is 17.3. The fourth-order valence-electron chi connectivity index (χ4n) is 3.02. The van der Waals surface area contributed by atoms with Gasteiger partial charge < -0.3 is 4.79 Å². The van der Waals surface area contributed by atoms with E-state index in [1.807, 2.05) is 0 Å². The molecule has 0 aromatic carbocycles. The first-order valence-electron chi connectivity index (χ1n) is 10.1. The Morgan fingerprint density at radius 1 is 0.750 bits per heavy atom. The van der Waals surface area contributed by atoms with Crippen molar-refractivity contribution in [1.82, 2.24) is 0 Å². The van der Waals surface area contributed by atoms with Crippen LogP contribution in [0.25, 0.3) is 0 Å². The average Bonchev–Trinajstić information content (AvgIpc) is 2.46. The van der Waals surface area contributed by atoms with Gasteiger partial charge in [0.2, 0.25) is 0 Å². The van der Waals surface area contributed by atoms with Crippen LogP contribution < -0.4 is 0 Å². The Morgan fingerprint density at radius 2 is 1.29 bits per heavy atom. The third-order valence-electron chi connectivity index (χ3n) is 4.77. The molecule has 1 heteroatoms. The van der Waals surface area contributed by atoms with Crippen molar-refractivity contribution in [2.45, 2.75) is 106 Å². The fourth-order valence-corrected chi connectivity index (χ4v) is 3.02. The third-order valence-corrected chi connectivity index (χ3v) is 4.77. The summed E-state index contributed by atoms with van der Waals surface area (Å²) in [6.45, 7) is 13.2. The summed E-state index contributed by atoms with van der Waals surface area (Å²) >= 11 is 0. The number of hydrogen-bond acceptors (Lipinski definition) is 1. The summed E-state index contributed by atoms with van der Waals surface area (Å²) < 4.78 is 0. The molecule has 24 heavy (non-hydrogen) atoms. The van der Waals surface area contributed by atoms with E-state index in [-0.39, 0.29) is 5.78 Å². The maximum Gasteiger partial charge on any atom is 0.130 e. The lowest BCUT2D eigenvalue weighted by atomic mass is 9.94. The first-order valence-corrected chi connectivity index (χ1v) is 10.1. The molecule has 0 amide bonds. The van der Waals surface area contributed by atoms with E-state index in [1.165, 1.54) is 44.1 Å². The van der Waals surface area contributed by atoms with Gasteiger partial charge in [-0.25, -0.2) is 0 Å². The van der Waals surface area contributed by atoms with E-state index in [1.54, 1.807) is 12.5 Å². The second-order valence-electron chi connectivity index (χ2n) is 8.20. The predicted octanol–water partition coefficient (Wildman–Crippen LogP) is 7.66. The molecule has 0 aliphatic rings. The Kier molecular flexibility index (Phi) is 14.0. The van der Waals surface area contributed by atoms with Crippen LogP contribution in [0.5, 0.6) is 0 Å². The van der Waals surface area contributed by atoms with Crippen LogP contribution in [-0.4, -0.2) is 5.78 Å². The lowest BCUT2D eigenvalue weighted by molar-refractivity contribution is -0.116. The lowest BCUT2D eigenvalue weighted by Crippen LogP contribution is -1.97. The molecule has 0 aliphatic carbocycles. The van der Waals surface area contributed by atoms with Crippen LogP contribution in [0.4, 0.5) is 0 Å². The van der Waals surface area contributed by atoms with Gasteiger partial charge in [-0.05, 0) is 64.7 Å². The SMILES string of the molecule is CC(=O)CC/C=C(/C)CC/C=C(/C)CCCC(C)CCCC(C)C. The van der Waals surface area contributed by atoms with Crippen LogP contribution >= 0.6 is 0 Å². The van der Waals surface area contributed by atoms with Gasteiger partial charge in [0.1, 0.15) is 5.78 Å². The van der Waals surface area contributed by atoms with Crippen molar-refractivity contribution in [2.24, 2.45) is 11.8 Å². The average molecular weight is 335 g/mol. The summed E-state index contributed by atoms with van der Waals surface area (Å²) in [4.78, 5) is 10.9. The van der Waals surface area contributed by atoms with Gasteiger partial charge in [-0.2, -0.15) is 0 Å². The molecule has 0 bridgehead atoms. The summed E-state index contributed by atoms with van der Waals surface area (Å²) in [6, 6.07) is 0. The highest BCUT2D eigenvalue weighted by Gasteiger charge is 2.03. The van der Waals surface area contributed by atoms with Crippen LogP contribution in [0.2, 0.25) is 0 Å². The smallest absolute Gasteiger partial charge is 0.130 e. The second-order valence-corrected chi connectivity index (χ2v) is 8.20. The standard InChI is InChI=1S/C23H42O/c1-19(2)11-7-12-20(3)13-8-14-21(4)15-9-16-22(5)17-10-18-23(6)24/h15,17,19-20H,7-14,16,18H2,1-6H3/b21-15-,22-17-. The number of carbonyl (C=O) groups is 1. The van der Waals surface area contributed by atoms with Gasteiger partial charge in [-0.1, -0.05) is 69.8 Å². The molecule has 0 aromatic rings. The van der Waals surface area contributed by atoms with Crippen molar-refractivity contribution in [2.75, 3.05) is 0 Å². The molecule has 1 nitrogen and oxygen atoms in total. The van der Waals surface area contributed by atoms with Gasteiger partial charge >= 0.3 is 0 Å². The van der Waals surface area contributed by atoms with Crippen LogP contribution in [-0.2, 0) is 4.79 Å². The minimum Gasteiger partial charge on any atom is -0.300 e. The van der Waals surface area contributed by atoms with Gasteiger partial charge in [-0.3, -0.25) is 0 Å². The highest BCUT2D eigenvalue weighted by Crippen LogP contribution is 2.19. The second kappa shape index (κ2) is 14.5. The maximum absolute atomic E-state index is 10.9. The molecule has 0 spiro atoms. The summed E-state index contributed by atoms with van der Waals surface area (Å²) in [5.41, 5.74) is 2.96. The zero-order valence-corrected chi connectivity index (χ0v) is 17.3. The first kappa shape index (κ1) is 23.1.